The molecule has 0 saturated carbocycles. The minimum absolute atomic E-state index is 0.0262. The maximum Gasteiger partial charge on any atom is 0.416 e. The third-order valence-electron chi connectivity index (χ3n) is 6.78. The Morgan fingerprint density at radius 3 is 1.60 bits per heavy atom. The van der Waals surface area contributed by atoms with Crippen molar-refractivity contribution < 1.29 is 76.5 Å². The molecular weight excluding hydrogens is 708 g/mol. The van der Waals surface area contributed by atoms with E-state index in [0.717, 1.165) is 6.92 Å². The fourth-order valence-corrected chi connectivity index (χ4v) is 4.37. The number of nitrogens with one attached hydrogen (secondary N) is 2. The molecule has 1 saturated heterocycles. The van der Waals surface area contributed by atoms with Crippen LogP contribution in [0.5, 0.6) is 0 Å². The number of alkyl carbamates (subject to hydrolysis) is 2. The first-order valence-electron chi connectivity index (χ1n) is 13.9. The number of ketones is 1. The Balaban J connectivity index is 0.000000284. The third kappa shape index (κ3) is 10.8. The highest BCUT2D eigenvalue weighted by molar-refractivity contribution is 6.01. The van der Waals surface area contributed by atoms with Gasteiger partial charge in [0.25, 0.3) is 0 Å². The highest BCUT2D eigenvalue weighted by atomic mass is 19.4. The quantitative estimate of drug-likeness (QED) is 0.195. The number of Topliss-reactive ketones (excluding diaryl/α,β-unsaturated/α-hetero) is 1. The van der Waals surface area contributed by atoms with E-state index in [1.54, 1.807) is 30.3 Å². The van der Waals surface area contributed by atoms with Gasteiger partial charge in [0.15, 0.2) is 5.78 Å². The number of benzene rings is 3. The molecule has 0 aliphatic carbocycles. The van der Waals surface area contributed by atoms with Gasteiger partial charge >= 0.3 is 36.9 Å². The van der Waals surface area contributed by atoms with Crippen LogP contribution in [0, 0.1) is 0 Å². The molecule has 3 atom stereocenters. The molecule has 1 unspecified atom stereocenters. The number of hydrogen-bond donors (Lipinski definition) is 2. The van der Waals surface area contributed by atoms with Crippen molar-refractivity contribution in [1.82, 2.24) is 10.6 Å². The van der Waals surface area contributed by atoms with Gasteiger partial charge in [-0.3, -0.25) is 4.79 Å². The van der Waals surface area contributed by atoms with Crippen LogP contribution < -0.4 is 10.6 Å². The molecule has 1 aliphatic heterocycles. The first kappa shape index (κ1) is 39.5. The van der Waals surface area contributed by atoms with Gasteiger partial charge in [0.2, 0.25) is 0 Å². The van der Waals surface area contributed by atoms with Crippen molar-refractivity contribution in [2.24, 2.45) is 0 Å². The topological polar surface area (TPSA) is 93.7 Å². The molecule has 3 aromatic carbocycles. The van der Waals surface area contributed by atoms with Gasteiger partial charge in [-0.15, -0.1) is 0 Å². The molecule has 1 heterocycles. The molecule has 0 bridgehead atoms. The maximum atomic E-state index is 12.9. The monoisotopic (exact) mass is 732 g/mol. The Bertz CT molecular complexity index is 1620. The predicted octanol–water partition coefficient (Wildman–Crippen LogP) is 9.12. The van der Waals surface area contributed by atoms with Crippen LogP contribution in [0.1, 0.15) is 63.7 Å². The minimum Gasteiger partial charge on any atom is -0.445 e. The highest BCUT2D eigenvalue weighted by Gasteiger charge is 2.41. The first-order chi connectivity index (χ1) is 22.9. The maximum absolute atomic E-state index is 12.9. The molecule has 4 rings (SSSR count). The predicted molar refractivity (Wildman–Crippen MR) is 148 cm³/mol. The Morgan fingerprint density at radius 1 is 0.760 bits per heavy atom. The fraction of sp³-hybridized carbons (Fsp3) is 0.323. The van der Waals surface area contributed by atoms with Gasteiger partial charge in [-0.25, -0.2) is 9.59 Å². The summed E-state index contributed by atoms with van der Waals surface area (Å²) in [6.07, 6.45) is -23.2. The van der Waals surface area contributed by atoms with E-state index in [9.17, 15) is 67.1 Å². The second-order valence-electron chi connectivity index (χ2n) is 10.7. The second-order valence-corrected chi connectivity index (χ2v) is 10.7. The van der Waals surface area contributed by atoms with Crippen LogP contribution in [0.2, 0.25) is 0 Å². The molecular formula is C31H24F12N2O5. The molecule has 1 aliphatic rings. The van der Waals surface area contributed by atoms with Crippen LogP contribution in [0.15, 0.2) is 66.7 Å². The lowest BCUT2D eigenvalue weighted by Crippen LogP contribution is -2.39. The lowest BCUT2D eigenvalue weighted by atomic mass is 9.98. The SMILES string of the molecule is CC(NC(=O)OCc1ccccc1)C(=O)c1cc(C(F)(F)F)cc(C(F)(F)F)c1.C[C@@H]1NC(=O)O[C@@H]1c1cc(C(F)(F)F)cc(C(F)(F)F)c1. The Morgan fingerprint density at radius 2 is 1.20 bits per heavy atom. The average molecular weight is 733 g/mol. The van der Waals surface area contributed by atoms with Crippen LogP contribution >= 0.6 is 0 Å². The minimum atomic E-state index is -5.08. The van der Waals surface area contributed by atoms with Gasteiger partial charge in [-0.1, -0.05) is 30.3 Å². The van der Waals surface area contributed by atoms with E-state index >= 15 is 0 Å². The van der Waals surface area contributed by atoms with E-state index in [-0.39, 0.29) is 24.3 Å². The molecule has 3 aromatic rings. The Labute approximate surface area is 274 Å². The zero-order valence-electron chi connectivity index (χ0n) is 25.4. The van der Waals surface area contributed by atoms with E-state index in [1.165, 1.54) is 6.92 Å². The second kappa shape index (κ2) is 14.9. The van der Waals surface area contributed by atoms with Crippen molar-refractivity contribution in [3.05, 3.63) is 106 Å². The summed E-state index contributed by atoms with van der Waals surface area (Å²) in [5, 5.41) is 4.35. The number of cyclic esters (lactones) is 1. The van der Waals surface area contributed by atoms with E-state index in [4.69, 9.17) is 9.47 Å². The number of rotatable bonds is 6. The average Bonchev–Trinajstić information content (AvgIpc) is 3.35. The number of ether oxygens (including phenoxy) is 2. The summed E-state index contributed by atoms with van der Waals surface area (Å²) in [5.74, 6) is -1.13. The number of amides is 2. The molecule has 7 nitrogen and oxygen atoms in total. The molecule has 50 heavy (non-hydrogen) atoms. The van der Waals surface area contributed by atoms with Crippen molar-refractivity contribution in [1.29, 1.82) is 0 Å². The molecule has 0 aromatic heterocycles. The summed E-state index contributed by atoms with van der Waals surface area (Å²) < 4.78 is 163. The van der Waals surface area contributed by atoms with Crippen LogP contribution in [-0.2, 0) is 40.8 Å². The number of carbonyl (C=O) groups excluding carboxylic acids is 3. The van der Waals surface area contributed by atoms with Gasteiger partial charge in [0, 0.05) is 5.56 Å². The van der Waals surface area contributed by atoms with Gasteiger partial charge < -0.3 is 20.1 Å². The van der Waals surface area contributed by atoms with E-state index in [2.05, 4.69) is 10.6 Å². The highest BCUT2D eigenvalue weighted by Crippen LogP contribution is 2.40. The summed E-state index contributed by atoms with van der Waals surface area (Å²) in [5.41, 5.74) is -6.66. The molecule has 2 N–H and O–H groups in total. The lowest BCUT2D eigenvalue weighted by molar-refractivity contribution is -0.144. The molecule has 19 heteroatoms. The molecule has 1 fully saturated rings. The van der Waals surface area contributed by atoms with E-state index < -0.39 is 88.7 Å². The van der Waals surface area contributed by atoms with Crippen LogP contribution in [-0.4, -0.2) is 30.1 Å². The Hall–Kier alpha value is -4.97. The summed E-state index contributed by atoms with van der Waals surface area (Å²) >= 11 is 0. The summed E-state index contributed by atoms with van der Waals surface area (Å²) in [7, 11) is 0. The van der Waals surface area contributed by atoms with Crippen LogP contribution in [0.4, 0.5) is 62.3 Å². The summed E-state index contributed by atoms with van der Waals surface area (Å²) in [4.78, 5) is 35.1. The van der Waals surface area contributed by atoms with Gasteiger partial charge in [0.1, 0.15) is 12.7 Å². The number of hydrogen-bond acceptors (Lipinski definition) is 5. The third-order valence-corrected chi connectivity index (χ3v) is 6.78. The molecule has 0 radical (unpaired) electrons. The van der Waals surface area contributed by atoms with Crippen molar-refractivity contribution in [2.75, 3.05) is 0 Å². The van der Waals surface area contributed by atoms with Crippen LogP contribution in [0.3, 0.4) is 0 Å². The Kier molecular flexibility index (Phi) is 11.7. The largest absolute Gasteiger partial charge is 0.445 e. The zero-order chi connectivity index (χ0) is 37.8. The van der Waals surface area contributed by atoms with Crippen molar-refractivity contribution >= 4 is 18.0 Å². The van der Waals surface area contributed by atoms with Crippen molar-refractivity contribution in [2.45, 2.75) is 63.3 Å². The van der Waals surface area contributed by atoms with E-state index in [0.29, 0.717) is 29.8 Å². The van der Waals surface area contributed by atoms with Gasteiger partial charge in [-0.2, -0.15) is 52.7 Å². The van der Waals surface area contributed by atoms with Crippen LogP contribution in [0.25, 0.3) is 0 Å². The van der Waals surface area contributed by atoms with Gasteiger partial charge in [0.05, 0.1) is 34.3 Å². The smallest absolute Gasteiger partial charge is 0.416 e. The fourth-order valence-electron chi connectivity index (χ4n) is 4.37. The number of carbonyl (C=O) groups is 3. The standard InChI is InChI=1S/C19H15F6NO3.C12H9F6NO2/c1-11(26-17(28)29-10-12-5-3-2-4-6-12)16(27)13-7-14(18(20,21)22)9-15(8-13)19(23,24)25;1-5-9(21-10(20)19-5)6-2-7(11(13,14)15)4-8(3-6)12(16,17)18/h2-9,11H,10H2,1H3,(H,26,28);2-5,9H,1H3,(H,19,20)/t;5-,9-/m.0/s1. The zero-order valence-corrected chi connectivity index (χ0v) is 25.4. The molecule has 0 spiro atoms. The number of alkyl halides is 12. The summed E-state index contributed by atoms with van der Waals surface area (Å²) in [6, 6.07) is 8.01. The van der Waals surface area contributed by atoms with Gasteiger partial charge in [-0.05, 0) is 61.4 Å². The lowest BCUT2D eigenvalue weighted by Gasteiger charge is -2.18. The first-order valence-corrected chi connectivity index (χ1v) is 13.9. The number of halogens is 12. The molecule has 272 valence electrons. The summed E-state index contributed by atoms with van der Waals surface area (Å²) in [6.45, 7) is 2.41. The van der Waals surface area contributed by atoms with Crippen molar-refractivity contribution in [3.63, 3.8) is 0 Å². The van der Waals surface area contributed by atoms with E-state index in [1.807, 2.05) is 0 Å². The van der Waals surface area contributed by atoms with Crippen molar-refractivity contribution in [3.8, 4) is 0 Å². The normalized spacial score (nSPS) is 17.1. The molecule has 2 amide bonds.